The number of phenolic OH excluding ortho intramolecular Hbond substituents is 2. The van der Waals surface area contributed by atoms with Crippen molar-refractivity contribution in [2.45, 2.75) is 5.60 Å². The lowest BCUT2D eigenvalue weighted by atomic mass is 9.77. The Morgan fingerprint density at radius 1 is 0.744 bits per heavy atom. The van der Waals surface area contributed by atoms with Crippen molar-refractivity contribution in [2.75, 3.05) is 24.9 Å². The molecule has 0 fully saturated rings. The van der Waals surface area contributed by atoms with Crippen molar-refractivity contribution >= 4 is 46.6 Å². The highest BCUT2D eigenvalue weighted by atomic mass is 32.1. The molecule has 0 bridgehead atoms. The molecule has 4 aromatic carbocycles. The van der Waals surface area contributed by atoms with Crippen LogP contribution >= 0.6 is 12.2 Å². The topological polar surface area (TPSA) is 153 Å². The van der Waals surface area contributed by atoms with Gasteiger partial charge in [-0.15, -0.1) is 0 Å². The molecule has 11 nitrogen and oxygen atoms in total. The number of hydrogen-bond acceptors (Lipinski definition) is 10. The number of carbonyl (C=O) groups is 3. The van der Waals surface area contributed by atoms with Crippen molar-refractivity contribution in [3.8, 4) is 23.0 Å². The summed E-state index contributed by atoms with van der Waals surface area (Å²) in [5, 5.41) is 26.2. The third kappa shape index (κ3) is 4.63. The summed E-state index contributed by atoms with van der Waals surface area (Å²) in [5.41, 5.74) is 1.38. The molecule has 2 heterocycles. The minimum atomic E-state index is -1.40. The maximum Gasteiger partial charge on any atom is 0.340 e. The monoisotopic (exact) mass is 598 g/mol. The molecule has 0 saturated heterocycles. The van der Waals surface area contributed by atoms with Crippen LogP contribution in [0.5, 0.6) is 23.0 Å². The first kappa shape index (κ1) is 27.5. The Morgan fingerprint density at radius 2 is 1.28 bits per heavy atom. The van der Waals surface area contributed by atoms with E-state index in [1.165, 1.54) is 56.7 Å². The summed E-state index contributed by atoms with van der Waals surface area (Å²) in [4.78, 5) is 37.6. The van der Waals surface area contributed by atoms with E-state index in [1.54, 1.807) is 30.3 Å². The average molecular weight is 599 g/mol. The van der Waals surface area contributed by atoms with E-state index in [0.29, 0.717) is 28.1 Å². The number of rotatable bonds is 4. The molecular weight excluding hydrogens is 576 g/mol. The molecule has 0 radical (unpaired) electrons. The average Bonchev–Trinajstić information content (AvgIpc) is 3.27. The molecule has 2 aliphatic rings. The Kier molecular flexibility index (Phi) is 6.62. The van der Waals surface area contributed by atoms with Gasteiger partial charge in [0.15, 0.2) is 10.7 Å². The maximum atomic E-state index is 13.4. The third-order valence-corrected chi connectivity index (χ3v) is 7.27. The van der Waals surface area contributed by atoms with Gasteiger partial charge in [0, 0.05) is 40.2 Å². The summed E-state index contributed by atoms with van der Waals surface area (Å²) in [6.07, 6.45) is 0. The van der Waals surface area contributed by atoms with Crippen LogP contribution in [0.4, 0.5) is 11.4 Å². The number of esters is 3. The number of benzene rings is 4. The van der Waals surface area contributed by atoms with Crippen molar-refractivity contribution in [2.24, 2.45) is 0 Å². The second-order valence-electron chi connectivity index (χ2n) is 9.66. The molecule has 4 aromatic rings. The molecule has 43 heavy (non-hydrogen) atoms. The normalized spacial score (nSPS) is 13.5. The largest absolute Gasteiger partial charge is 0.508 e. The second kappa shape index (κ2) is 10.3. The van der Waals surface area contributed by atoms with Gasteiger partial charge in [-0.05, 0) is 66.8 Å². The highest BCUT2D eigenvalue weighted by Crippen LogP contribution is 2.57. The lowest BCUT2D eigenvalue weighted by molar-refractivity contribution is 0.0223. The van der Waals surface area contributed by atoms with E-state index in [1.807, 2.05) is 0 Å². The van der Waals surface area contributed by atoms with E-state index in [0.717, 1.165) is 0 Å². The predicted molar refractivity (Wildman–Crippen MR) is 157 cm³/mol. The van der Waals surface area contributed by atoms with E-state index in [2.05, 4.69) is 10.6 Å². The van der Waals surface area contributed by atoms with Gasteiger partial charge >= 0.3 is 17.9 Å². The molecule has 0 amide bonds. The molecule has 0 saturated carbocycles. The van der Waals surface area contributed by atoms with Gasteiger partial charge in [-0.1, -0.05) is 6.07 Å². The molecule has 0 aromatic heterocycles. The van der Waals surface area contributed by atoms with Crippen LogP contribution in [0, 0.1) is 0 Å². The van der Waals surface area contributed by atoms with Gasteiger partial charge in [0.2, 0.25) is 0 Å². The fourth-order valence-electron chi connectivity index (χ4n) is 5.25. The molecule has 0 atom stereocenters. The van der Waals surface area contributed by atoms with Crippen molar-refractivity contribution in [3.05, 3.63) is 106 Å². The zero-order chi connectivity index (χ0) is 30.5. The fraction of sp³-hybridized carbons (Fsp3) is 0.0968. The SMILES string of the molecule is COC(=O)c1cc(NC(=S)Nc2ccc3c(c2)C(=O)OC32c3ccc(O)cc3Oc3cc(O)ccc32)cc(C(=O)OC)c1. The molecule has 2 aliphatic heterocycles. The number of methoxy groups -OCH3 is 2. The zero-order valence-corrected chi connectivity index (χ0v) is 23.4. The van der Waals surface area contributed by atoms with Gasteiger partial charge in [0.1, 0.15) is 23.0 Å². The van der Waals surface area contributed by atoms with Gasteiger partial charge in [-0.25, -0.2) is 14.4 Å². The van der Waals surface area contributed by atoms with Crippen LogP contribution < -0.4 is 15.4 Å². The smallest absolute Gasteiger partial charge is 0.340 e. The number of hydrogen-bond donors (Lipinski definition) is 4. The molecule has 0 aliphatic carbocycles. The van der Waals surface area contributed by atoms with Crippen LogP contribution in [-0.2, 0) is 19.8 Å². The highest BCUT2D eigenvalue weighted by molar-refractivity contribution is 7.80. The predicted octanol–water partition coefficient (Wildman–Crippen LogP) is 5.05. The van der Waals surface area contributed by atoms with Crippen molar-refractivity contribution < 1.29 is 43.5 Å². The highest BCUT2D eigenvalue weighted by Gasteiger charge is 2.53. The summed E-state index contributed by atoms with van der Waals surface area (Å²) in [5.74, 6) is -1.46. The Hall–Kier alpha value is -5.62. The Morgan fingerprint density at radius 3 is 1.84 bits per heavy atom. The number of carbonyl (C=O) groups excluding carboxylic acids is 3. The number of nitrogens with one attached hydrogen (secondary N) is 2. The van der Waals surface area contributed by atoms with Crippen molar-refractivity contribution in [1.82, 2.24) is 0 Å². The van der Waals surface area contributed by atoms with E-state index in [-0.39, 0.29) is 44.8 Å². The van der Waals surface area contributed by atoms with E-state index < -0.39 is 23.5 Å². The van der Waals surface area contributed by atoms with Gasteiger partial charge in [0.05, 0.1) is 30.9 Å². The number of fused-ring (bicyclic) bond motifs is 6. The number of aromatic hydroxyl groups is 2. The minimum Gasteiger partial charge on any atom is -0.508 e. The number of ether oxygens (including phenoxy) is 4. The first-order chi connectivity index (χ1) is 20.6. The Balaban J connectivity index is 1.34. The van der Waals surface area contributed by atoms with Gasteiger partial charge in [0.25, 0.3) is 0 Å². The Bertz CT molecular complexity index is 1780. The third-order valence-electron chi connectivity index (χ3n) is 7.06. The van der Waals surface area contributed by atoms with Gasteiger partial charge in [-0.2, -0.15) is 0 Å². The van der Waals surface area contributed by atoms with Crippen molar-refractivity contribution in [3.63, 3.8) is 0 Å². The van der Waals surface area contributed by atoms with Crippen LogP contribution in [0.15, 0.2) is 72.8 Å². The standard InChI is InChI=1S/C31H22N2O9S/c1-39-27(36)15-9-16(28(37)40-2)11-18(10-15)33-30(43)32-17-3-6-22-21(12-17)29(38)42-31(22)23-7-4-19(34)13-25(23)41-26-14-20(35)5-8-24(26)31/h3-14,34-35H,1-2H3,(H2,32,33,43). The molecule has 216 valence electrons. The minimum absolute atomic E-state index is 0.0431. The Labute approximate surface area is 249 Å². The molecule has 12 heteroatoms. The van der Waals surface area contributed by atoms with E-state index in [4.69, 9.17) is 31.2 Å². The van der Waals surface area contributed by atoms with Crippen LogP contribution in [0.25, 0.3) is 0 Å². The van der Waals surface area contributed by atoms with E-state index in [9.17, 15) is 24.6 Å². The summed E-state index contributed by atoms with van der Waals surface area (Å²) in [6, 6.07) is 18.3. The number of thiocarbonyl (C=S) groups is 1. The van der Waals surface area contributed by atoms with Gasteiger partial charge < -0.3 is 39.8 Å². The van der Waals surface area contributed by atoms with Crippen LogP contribution in [0.1, 0.15) is 47.8 Å². The molecule has 1 spiro atoms. The number of anilines is 2. The zero-order valence-electron chi connectivity index (χ0n) is 22.6. The quantitative estimate of drug-likeness (QED) is 0.141. The fourth-order valence-corrected chi connectivity index (χ4v) is 5.48. The second-order valence-corrected chi connectivity index (χ2v) is 10.1. The molecule has 0 unspecified atom stereocenters. The molecular formula is C31H22N2O9S. The summed E-state index contributed by atoms with van der Waals surface area (Å²) in [6.45, 7) is 0. The summed E-state index contributed by atoms with van der Waals surface area (Å²) >= 11 is 5.46. The molecule has 6 rings (SSSR count). The van der Waals surface area contributed by atoms with Crippen LogP contribution in [-0.4, -0.2) is 47.5 Å². The molecule has 4 N–H and O–H groups in total. The van der Waals surface area contributed by atoms with Crippen molar-refractivity contribution in [1.29, 1.82) is 0 Å². The first-order valence-corrected chi connectivity index (χ1v) is 13.2. The maximum absolute atomic E-state index is 13.4. The summed E-state index contributed by atoms with van der Waals surface area (Å²) in [7, 11) is 2.45. The van der Waals surface area contributed by atoms with Crippen LogP contribution in [0.3, 0.4) is 0 Å². The lowest BCUT2D eigenvalue weighted by Gasteiger charge is -2.36. The van der Waals surface area contributed by atoms with Gasteiger partial charge in [-0.3, -0.25) is 0 Å². The summed E-state index contributed by atoms with van der Waals surface area (Å²) < 4.78 is 21.6. The lowest BCUT2D eigenvalue weighted by Crippen LogP contribution is -2.32. The van der Waals surface area contributed by atoms with E-state index >= 15 is 0 Å². The van der Waals surface area contributed by atoms with Crippen LogP contribution in [0.2, 0.25) is 0 Å². The number of phenols is 2. The first-order valence-electron chi connectivity index (χ1n) is 12.8.